The molecule has 1 heterocycles. The van der Waals surface area contributed by atoms with Gasteiger partial charge in [0.2, 0.25) is 0 Å². The fourth-order valence-electron chi connectivity index (χ4n) is 3.17. The number of halogens is 1. The normalized spacial score (nSPS) is 11.2. The highest BCUT2D eigenvalue weighted by Gasteiger charge is 2.26. The van der Waals surface area contributed by atoms with Crippen LogP contribution in [0.2, 0.25) is 5.02 Å². The Balaban J connectivity index is 1.97. The van der Waals surface area contributed by atoms with Crippen molar-refractivity contribution in [2.45, 2.75) is 25.3 Å². The minimum atomic E-state index is -3.90. The molecule has 0 fully saturated rings. The summed E-state index contributed by atoms with van der Waals surface area (Å²) in [6.45, 7) is 5.10. The summed E-state index contributed by atoms with van der Waals surface area (Å²) in [7, 11) is -3.90. The van der Waals surface area contributed by atoms with Crippen LogP contribution in [0, 0.1) is 0 Å². The minimum Gasteiger partial charge on any atom is -0.339 e. The number of carbonyl (C=O) groups excluding carboxylic acids is 1. The van der Waals surface area contributed by atoms with Gasteiger partial charge in [-0.2, -0.15) is 0 Å². The maximum atomic E-state index is 13.5. The maximum Gasteiger partial charge on any atom is 0.264 e. The molecule has 0 saturated carbocycles. The van der Waals surface area contributed by atoms with Gasteiger partial charge in [0.15, 0.2) is 0 Å². The van der Waals surface area contributed by atoms with Crippen molar-refractivity contribution in [3.8, 4) is 0 Å². The van der Waals surface area contributed by atoms with Crippen LogP contribution in [0.25, 0.3) is 0 Å². The average Bonchev–Trinajstić information content (AvgIpc) is 2.79. The van der Waals surface area contributed by atoms with Crippen molar-refractivity contribution in [3.63, 3.8) is 0 Å². The van der Waals surface area contributed by atoms with Gasteiger partial charge < -0.3 is 4.90 Å². The molecule has 0 radical (unpaired) electrons. The Labute approximate surface area is 188 Å². The molecule has 3 rings (SSSR count). The Hall–Kier alpha value is -2.90. The summed E-state index contributed by atoms with van der Waals surface area (Å²) in [5.74, 6) is -0.126. The van der Waals surface area contributed by atoms with Crippen molar-refractivity contribution >= 4 is 33.2 Å². The number of benzene rings is 2. The van der Waals surface area contributed by atoms with Crippen LogP contribution in [0.5, 0.6) is 0 Å². The lowest BCUT2D eigenvalue weighted by Gasteiger charge is -2.25. The summed E-state index contributed by atoms with van der Waals surface area (Å²) < 4.78 is 28.4. The summed E-state index contributed by atoms with van der Waals surface area (Å²) in [5, 5.41) is 0.516. The summed E-state index contributed by atoms with van der Waals surface area (Å²) in [4.78, 5) is 18.4. The number of nitrogens with zero attached hydrogens (tertiary/aromatic N) is 3. The molecule has 0 N–H and O–H groups in total. The summed E-state index contributed by atoms with van der Waals surface area (Å²) in [6, 6.07) is 16.2. The fraction of sp³-hybridized carbons (Fsp3) is 0.217. The Kier molecular flexibility index (Phi) is 7.30. The van der Waals surface area contributed by atoms with Gasteiger partial charge in [-0.1, -0.05) is 17.7 Å². The first kappa shape index (κ1) is 22.8. The van der Waals surface area contributed by atoms with Crippen LogP contribution in [0.4, 0.5) is 5.69 Å². The molecule has 0 saturated heterocycles. The lowest BCUT2D eigenvalue weighted by molar-refractivity contribution is 0.0773. The van der Waals surface area contributed by atoms with E-state index in [2.05, 4.69) is 4.98 Å². The number of pyridine rings is 1. The van der Waals surface area contributed by atoms with E-state index in [4.69, 9.17) is 11.6 Å². The largest absolute Gasteiger partial charge is 0.339 e. The van der Waals surface area contributed by atoms with Crippen LogP contribution in [0.15, 0.2) is 78.0 Å². The van der Waals surface area contributed by atoms with Crippen LogP contribution in [0.3, 0.4) is 0 Å². The number of hydrogen-bond donors (Lipinski definition) is 0. The summed E-state index contributed by atoms with van der Waals surface area (Å²) in [6.07, 6.45) is 3.26. The number of aromatic nitrogens is 1. The first-order valence-corrected chi connectivity index (χ1v) is 11.7. The molecule has 0 bridgehead atoms. The molecule has 0 unspecified atom stereocenters. The van der Waals surface area contributed by atoms with Crippen LogP contribution < -0.4 is 4.31 Å². The molecule has 0 aliphatic carbocycles. The van der Waals surface area contributed by atoms with Crippen molar-refractivity contribution in [1.29, 1.82) is 0 Å². The van der Waals surface area contributed by atoms with E-state index in [0.29, 0.717) is 29.4 Å². The second kappa shape index (κ2) is 9.94. The zero-order valence-corrected chi connectivity index (χ0v) is 19.0. The van der Waals surface area contributed by atoms with Gasteiger partial charge in [-0.15, -0.1) is 0 Å². The molecule has 31 heavy (non-hydrogen) atoms. The number of carbonyl (C=O) groups is 1. The predicted octanol–water partition coefficient (Wildman–Crippen LogP) is 4.61. The second-order valence-electron chi connectivity index (χ2n) is 6.85. The minimum absolute atomic E-state index is 0.0995. The zero-order valence-electron chi connectivity index (χ0n) is 17.4. The van der Waals surface area contributed by atoms with Crippen molar-refractivity contribution in [3.05, 3.63) is 89.2 Å². The van der Waals surface area contributed by atoms with E-state index in [1.165, 1.54) is 16.4 Å². The molecule has 1 aromatic heterocycles. The monoisotopic (exact) mass is 457 g/mol. The van der Waals surface area contributed by atoms with Gasteiger partial charge in [0.05, 0.1) is 17.1 Å². The SMILES string of the molecule is CCN(CC)C(=O)c1ccc(S(=O)(=O)N(Cc2cccnc2)c2ccc(Cl)cc2)cc1. The van der Waals surface area contributed by atoms with Crippen molar-refractivity contribution in [2.75, 3.05) is 17.4 Å². The third-order valence-electron chi connectivity index (χ3n) is 4.90. The topological polar surface area (TPSA) is 70.6 Å². The number of rotatable bonds is 8. The van der Waals surface area contributed by atoms with Crippen LogP contribution >= 0.6 is 11.6 Å². The number of amides is 1. The van der Waals surface area contributed by atoms with E-state index in [1.807, 2.05) is 19.9 Å². The highest BCUT2D eigenvalue weighted by molar-refractivity contribution is 7.92. The molecule has 6 nitrogen and oxygen atoms in total. The molecule has 0 aliphatic rings. The molecule has 8 heteroatoms. The van der Waals surface area contributed by atoms with Gasteiger partial charge in [0.25, 0.3) is 15.9 Å². The van der Waals surface area contributed by atoms with Gasteiger partial charge in [-0.3, -0.25) is 14.1 Å². The zero-order chi connectivity index (χ0) is 22.4. The number of sulfonamides is 1. The van der Waals surface area contributed by atoms with Crippen LogP contribution in [-0.2, 0) is 16.6 Å². The van der Waals surface area contributed by atoms with E-state index in [-0.39, 0.29) is 17.3 Å². The van der Waals surface area contributed by atoms with Gasteiger partial charge in [-0.05, 0) is 74.0 Å². The lowest BCUT2D eigenvalue weighted by Crippen LogP contribution is -2.31. The summed E-state index contributed by atoms with van der Waals surface area (Å²) >= 11 is 5.99. The van der Waals surface area contributed by atoms with Gasteiger partial charge in [-0.25, -0.2) is 8.42 Å². The number of anilines is 1. The lowest BCUT2D eigenvalue weighted by atomic mass is 10.2. The van der Waals surface area contributed by atoms with Crippen molar-refractivity contribution in [2.24, 2.45) is 0 Å². The van der Waals surface area contributed by atoms with Crippen molar-refractivity contribution < 1.29 is 13.2 Å². The summed E-state index contributed by atoms with van der Waals surface area (Å²) in [5.41, 5.74) is 1.68. The molecule has 0 atom stereocenters. The van der Waals surface area contributed by atoms with E-state index in [1.54, 1.807) is 59.8 Å². The Morgan fingerprint density at radius 2 is 1.61 bits per heavy atom. The highest BCUT2D eigenvalue weighted by Crippen LogP contribution is 2.27. The van der Waals surface area contributed by atoms with Crippen molar-refractivity contribution in [1.82, 2.24) is 9.88 Å². The van der Waals surface area contributed by atoms with E-state index < -0.39 is 10.0 Å². The highest BCUT2D eigenvalue weighted by atomic mass is 35.5. The van der Waals surface area contributed by atoms with Gasteiger partial charge >= 0.3 is 0 Å². The quantitative estimate of drug-likeness (QED) is 0.495. The van der Waals surface area contributed by atoms with Crippen LogP contribution in [0.1, 0.15) is 29.8 Å². The predicted molar refractivity (Wildman–Crippen MR) is 123 cm³/mol. The smallest absolute Gasteiger partial charge is 0.264 e. The Morgan fingerprint density at radius 1 is 0.968 bits per heavy atom. The average molecular weight is 458 g/mol. The van der Waals surface area contributed by atoms with E-state index in [0.717, 1.165) is 5.56 Å². The first-order chi connectivity index (χ1) is 14.9. The molecule has 3 aromatic rings. The third kappa shape index (κ3) is 5.24. The molecule has 0 aliphatic heterocycles. The van der Waals surface area contributed by atoms with Gasteiger partial charge in [0, 0.05) is 36.1 Å². The molecule has 2 aromatic carbocycles. The first-order valence-electron chi connectivity index (χ1n) is 9.93. The Bertz CT molecular complexity index is 1110. The molecule has 1 amide bonds. The Morgan fingerprint density at radius 3 is 2.16 bits per heavy atom. The number of hydrogen-bond acceptors (Lipinski definition) is 4. The maximum absolute atomic E-state index is 13.5. The van der Waals surface area contributed by atoms with E-state index in [9.17, 15) is 13.2 Å². The molecular weight excluding hydrogens is 434 g/mol. The molecule has 162 valence electrons. The fourth-order valence-corrected chi connectivity index (χ4v) is 4.75. The second-order valence-corrected chi connectivity index (χ2v) is 9.15. The molecular formula is C23H24ClN3O3S. The molecule has 0 spiro atoms. The van der Waals surface area contributed by atoms with Gasteiger partial charge in [0.1, 0.15) is 0 Å². The van der Waals surface area contributed by atoms with E-state index >= 15 is 0 Å². The standard InChI is InChI=1S/C23H24ClN3O3S/c1-3-26(4-2)23(28)19-7-13-22(14-8-19)31(29,30)27(17-18-6-5-15-25-16-18)21-11-9-20(24)10-12-21/h5-16H,3-4,17H2,1-2H3. The third-order valence-corrected chi connectivity index (χ3v) is 6.94. The van der Waals surface area contributed by atoms with Crippen LogP contribution in [-0.4, -0.2) is 37.3 Å².